The Morgan fingerprint density at radius 1 is 1.10 bits per heavy atom. The molecule has 0 saturated heterocycles. The molecular formula is C19H17ClN6OS2. The van der Waals surface area contributed by atoms with Crippen molar-refractivity contribution in [2.24, 2.45) is 0 Å². The number of amides is 1. The van der Waals surface area contributed by atoms with Crippen molar-refractivity contribution >= 4 is 61.5 Å². The van der Waals surface area contributed by atoms with Crippen molar-refractivity contribution in [1.29, 1.82) is 0 Å². The van der Waals surface area contributed by atoms with Gasteiger partial charge in [-0.3, -0.25) is 10.1 Å². The number of benzene rings is 1. The van der Waals surface area contributed by atoms with E-state index in [1.165, 1.54) is 22.7 Å². The van der Waals surface area contributed by atoms with Crippen molar-refractivity contribution in [2.75, 3.05) is 24.7 Å². The molecule has 0 saturated carbocycles. The van der Waals surface area contributed by atoms with Crippen LogP contribution >= 0.6 is 34.3 Å². The minimum Gasteiger partial charge on any atom is -0.357 e. The van der Waals surface area contributed by atoms with Crippen LogP contribution in [0.5, 0.6) is 0 Å². The highest BCUT2D eigenvalue weighted by Crippen LogP contribution is 2.34. The highest BCUT2D eigenvalue weighted by Gasteiger charge is 2.16. The number of nitrogens with zero attached hydrogens (tertiary/aromatic N) is 3. The van der Waals surface area contributed by atoms with Gasteiger partial charge in [0.2, 0.25) is 5.95 Å². The van der Waals surface area contributed by atoms with Gasteiger partial charge in [0.25, 0.3) is 5.91 Å². The van der Waals surface area contributed by atoms with Crippen LogP contribution in [0.1, 0.15) is 15.2 Å². The molecular weight excluding hydrogens is 428 g/mol. The van der Waals surface area contributed by atoms with E-state index in [9.17, 15) is 4.79 Å². The molecule has 0 aliphatic rings. The number of hydrogen-bond acceptors (Lipinski definition) is 8. The first-order valence-corrected chi connectivity index (χ1v) is 10.7. The van der Waals surface area contributed by atoms with Crippen LogP contribution in [-0.4, -0.2) is 35.0 Å². The van der Waals surface area contributed by atoms with Gasteiger partial charge >= 0.3 is 0 Å². The van der Waals surface area contributed by atoms with Crippen LogP contribution in [0.4, 0.5) is 11.1 Å². The minimum absolute atomic E-state index is 0.213. The molecule has 0 spiro atoms. The van der Waals surface area contributed by atoms with E-state index in [2.05, 4.69) is 30.9 Å². The summed E-state index contributed by atoms with van der Waals surface area (Å²) in [4.78, 5) is 27.2. The zero-order valence-electron chi connectivity index (χ0n) is 15.6. The van der Waals surface area contributed by atoms with Gasteiger partial charge in [-0.1, -0.05) is 29.0 Å². The standard InChI is InChI=1S/C19H17ClN6OS2/c1-21-9-10-3-4-11(20)15-16(10)29-19(25-15)26-17(27)14-6-5-13(28-14)12-7-8-23-18(22-2)24-12/h3-8,21H,9H2,1-2H3,(H,22,23,24)(H,25,26,27). The predicted octanol–water partition coefficient (Wildman–Crippen LogP) is 4.48. The molecule has 3 aromatic heterocycles. The van der Waals surface area contributed by atoms with Crippen LogP contribution in [0.3, 0.4) is 0 Å². The summed E-state index contributed by atoms with van der Waals surface area (Å²) in [5.74, 6) is 0.320. The summed E-state index contributed by atoms with van der Waals surface area (Å²) in [5, 5.41) is 10.0. The average molecular weight is 445 g/mol. The zero-order chi connectivity index (χ0) is 20.4. The molecule has 0 unspecified atom stereocenters. The Balaban J connectivity index is 1.58. The van der Waals surface area contributed by atoms with E-state index in [-0.39, 0.29) is 5.91 Å². The summed E-state index contributed by atoms with van der Waals surface area (Å²) < 4.78 is 0.967. The maximum absolute atomic E-state index is 12.7. The molecule has 7 nitrogen and oxygen atoms in total. The van der Waals surface area contributed by atoms with Gasteiger partial charge in [0.05, 0.1) is 25.2 Å². The number of carbonyl (C=O) groups is 1. The van der Waals surface area contributed by atoms with Gasteiger partial charge in [-0.15, -0.1) is 11.3 Å². The van der Waals surface area contributed by atoms with Crippen molar-refractivity contribution in [2.45, 2.75) is 6.54 Å². The molecule has 0 aliphatic heterocycles. The summed E-state index contributed by atoms with van der Waals surface area (Å²) in [6.07, 6.45) is 1.68. The lowest BCUT2D eigenvalue weighted by Gasteiger charge is -2.01. The number of hydrogen-bond donors (Lipinski definition) is 3. The van der Waals surface area contributed by atoms with E-state index in [0.717, 1.165) is 20.8 Å². The predicted molar refractivity (Wildman–Crippen MR) is 120 cm³/mol. The first-order valence-electron chi connectivity index (χ1n) is 8.74. The van der Waals surface area contributed by atoms with Gasteiger partial charge < -0.3 is 10.6 Å². The number of nitrogens with one attached hydrogen (secondary N) is 3. The lowest BCUT2D eigenvalue weighted by molar-refractivity contribution is 0.103. The van der Waals surface area contributed by atoms with Gasteiger partial charge in [0.15, 0.2) is 5.13 Å². The first-order chi connectivity index (χ1) is 14.1. The molecule has 3 N–H and O–H groups in total. The highest BCUT2D eigenvalue weighted by molar-refractivity contribution is 7.22. The van der Waals surface area contributed by atoms with Crippen molar-refractivity contribution in [3.05, 3.63) is 52.0 Å². The maximum atomic E-state index is 12.7. The van der Waals surface area contributed by atoms with E-state index in [0.29, 0.717) is 33.0 Å². The van der Waals surface area contributed by atoms with Crippen LogP contribution in [-0.2, 0) is 6.54 Å². The molecule has 0 atom stereocenters. The molecule has 148 valence electrons. The van der Waals surface area contributed by atoms with Crippen LogP contribution in [0.25, 0.3) is 20.8 Å². The first kappa shape index (κ1) is 19.7. The van der Waals surface area contributed by atoms with E-state index in [1.807, 2.05) is 31.3 Å². The van der Waals surface area contributed by atoms with Crippen LogP contribution in [0.15, 0.2) is 36.5 Å². The molecule has 0 fully saturated rings. The number of carbonyl (C=O) groups excluding carboxylic acids is 1. The minimum atomic E-state index is -0.213. The Bertz CT molecular complexity index is 1190. The Kier molecular flexibility index (Phi) is 5.72. The van der Waals surface area contributed by atoms with E-state index >= 15 is 0 Å². The number of thiazole rings is 1. The third-order valence-electron chi connectivity index (χ3n) is 4.12. The second-order valence-corrected chi connectivity index (χ2v) is 8.56. The van der Waals surface area contributed by atoms with Gasteiger partial charge in [-0.05, 0) is 36.9 Å². The maximum Gasteiger partial charge on any atom is 0.267 e. The van der Waals surface area contributed by atoms with Gasteiger partial charge in [-0.25, -0.2) is 15.0 Å². The molecule has 0 radical (unpaired) electrons. The number of thiophene rings is 1. The molecule has 10 heteroatoms. The molecule has 4 aromatic rings. The molecule has 1 amide bonds. The second kappa shape index (κ2) is 8.42. The molecule has 29 heavy (non-hydrogen) atoms. The highest BCUT2D eigenvalue weighted by atomic mass is 35.5. The Morgan fingerprint density at radius 3 is 2.76 bits per heavy atom. The quantitative estimate of drug-likeness (QED) is 0.406. The van der Waals surface area contributed by atoms with Gasteiger partial charge in [-0.2, -0.15) is 0 Å². The Morgan fingerprint density at radius 2 is 1.97 bits per heavy atom. The van der Waals surface area contributed by atoms with Gasteiger partial charge in [0, 0.05) is 19.8 Å². The van der Waals surface area contributed by atoms with Crippen LogP contribution in [0.2, 0.25) is 5.02 Å². The molecule has 1 aromatic carbocycles. The number of aromatic nitrogens is 3. The molecule has 4 rings (SSSR count). The largest absolute Gasteiger partial charge is 0.357 e. The fourth-order valence-electron chi connectivity index (χ4n) is 2.78. The smallest absolute Gasteiger partial charge is 0.267 e. The number of fused-ring (bicyclic) bond motifs is 1. The van der Waals surface area contributed by atoms with E-state index in [4.69, 9.17) is 11.6 Å². The summed E-state index contributed by atoms with van der Waals surface area (Å²) >= 11 is 9.07. The SMILES string of the molecule is CNCc1ccc(Cl)c2nc(NC(=O)c3ccc(-c4ccnc(NC)n4)s3)sc12. The third-order valence-corrected chi connectivity index (χ3v) is 6.58. The fraction of sp³-hybridized carbons (Fsp3) is 0.158. The normalized spacial score (nSPS) is 11.0. The molecule has 0 aliphatic carbocycles. The van der Waals surface area contributed by atoms with Crippen molar-refractivity contribution in [1.82, 2.24) is 20.3 Å². The van der Waals surface area contributed by atoms with Crippen LogP contribution in [0, 0.1) is 0 Å². The Labute approximate surface area is 180 Å². The van der Waals surface area contributed by atoms with Crippen molar-refractivity contribution in [3.8, 4) is 10.6 Å². The monoisotopic (exact) mass is 444 g/mol. The second-order valence-electron chi connectivity index (χ2n) is 6.07. The molecule has 0 bridgehead atoms. The lowest BCUT2D eigenvalue weighted by atomic mass is 10.2. The lowest BCUT2D eigenvalue weighted by Crippen LogP contribution is -2.09. The summed E-state index contributed by atoms with van der Waals surface area (Å²) in [5.41, 5.74) is 2.55. The summed E-state index contributed by atoms with van der Waals surface area (Å²) in [6, 6.07) is 9.27. The average Bonchev–Trinajstić information content (AvgIpc) is 3.38. The molecule has 3 heterocycles. The number of rotatable bonds is 6. The van der Waals surface area contributed by atoms with E-state index in [1.54, 1.807) is 19.3 Å². The zero-order valence-corrected chi connectivity index (χ0v) is 18.0. The summed E-state index contributed by atoms with van der Waals surface area (Å²) in [7, 11) is 3.65. The summed E-state index contributed by atoms with van der Waals surface area (Å²) in [6.45, 7) is 0.699. The third kappa shape index (κ3) is 4.08. The van der Waals surface area contributed by atoms with Gasteiger partial charge in [0.1, 0.15) is 5.52 Å². The van der Waals surface area contributed by atoms with Crippen molar-refractivity contribution < 1.29 is 4.79 Å². The Hall–Kier alpha value is -2.59. The topological polar surface area (TPSA) is 91.8 Å². The van der Waals surface area contributed by atoms with Crippen LogP contribution < -0.4 is 16.0 Å². The van der Waals surface area contributed by atoms with Crippen molar-refractivity contribution in [3.63, 3.8) is 0 Å². The van der Waals surface area contributed by atoms with E-state index < -0.39 is 0 Å². The number of anilines is 2. The number of halogens is 1. The fourth-order valence-corrected chi connectivity index (χ4v) is 4.91.